The molecule has 7 heteroatoms. The summed E-state index contributed by atoms with van der Waals surface area (Å²) in [6.07, 6.45) is 8.80. The first-order valence-electron chi connectivity index (χ1n) is 14.4. The van der Waals surface area contributed by atoms with Gasteiger partial charge in [-0.05, 0) is 78.8 Å². The molecule has 1 nitrogen and oxygen atoms in total. The van der Waals surface area contributed by atoms with E-state index in [2.05, 4.69) is 11.7 Å². The van der Waals surface area contributed by atoms with Gasteiger partial charge in [-0.3, -0.25) is 0 Å². The van der Waals surface area contributed by atoms with Crippen LogP contribution in [-0.2, 0) is 6.42 Å². The van der Waals surface area contributed by atoms with E-state index in [1.165, 1.54) is 100 Å². The molecule has 2 fully saturated rings. The summed E-state index contributed by atoms with van der Waals surface area (Å²) in [6, 6.07) is 11.9. The van der Waals surface area contributed by atoms with E-state index < -0.39 is 23.7 Å². The second kappa shape index (κ2) is 13.4. The second-order valence-corrected chi connectivity index (χ2v) is 14.4. The Balaban J connectivity index is 1.23. The molecular weight excluding hydrogens is 511 g/mol. The van der Waals surface area contributed by atoms with Crippen LogP contribution in [0.15, 0.2) is 36.4 Å². The largest absolute Gasteiger partial charge is 0.573 e. The predicted octanol–water partition coefficient (Wildman–Crippen LogP) is 10.4. The topological polar surface area (TPSA) is 9.23 Å². The Morgan fingerprint density at radius 1 is 0.842 bits per heavy atom. The zero-order valence-electron chi connectivity index (χ0n) is 22.4. The molecule has 2 aromatic rings. The molecule has 2 aromatic carbocycles. The van der Waals surface area contributed by atoms with E-state index in [4.69, 9.17) is 0 Å². The summed E-state index contributed by atoms with van der Waals surface area (Å²) in [6.45, 7) is 2.28. The first-order chi connectivity index (χ1) is 18.2. The third kappa shape index (κ3) is 8.30. The van der Waals surface area contributed by atoms with Crippen LogP contribution in [0.1, 0.15) is 76.7 Å². The zero-order chi connectivity index (χ0) is 27.1. The summed E-state index contributed by atoms with van der Waals surface area (Å²) in [5.74, 6) is 0.579. The molecule has 0 aromatic heterocycles. The lowest BCUT2D eigenvalue weighted by atomic mass is 9.73. The van der Waals surface area contributed by atoms with Gasteiger partial charge in [0.1, 0.15) is 17.4 Å². The molecule has 0 atom stereocenters. The third-order valence-electron chi connectivity index (χ3n) is 8.75. The van der Waals surface area contributed by atoms with Gasteiger partial charge in [-0.25, -0.2) is 8.78 Å². The van der Waals surface area contributed by atoms with Crippen LogP contribution in [0.25, 0.3) is 11.1 Å². The van der Waals surface area contributed by atoms with Gasteiger partial charge >= 0.3 is 6.36 Å². The van der Waals surface area contributed by atoms with Crippen LogP contribution in [0.3, 0.4) is 0 Å². The van der Waals surface area contributed by atoms with E-state index in [0.717, 1.165) is 30.4 Å². The molecule has 2 aliphatic rings. The molecule has 0 N–H and O–H groups in total. The Morgan fingerprint density at radius 2 is 1.45 bits per heavy atom. The molecular formula is C31H40F5OSi. The van der Waals surface area contributed by atoms with E-state index in [1.807, 2.05) is 0 Å². The Morgan fingerprint density at radius 3 is 2.03 bits per heavy atom. The lowest BCUT2D eigenvalue weighted by molar-refractivity contribution is -0.274. The van der Waals surface area contributed by atoms with Crippen molar-refractivity contribution >= 4 is 8.80 Å². The van der Waals surface area contributed by atoms with Gasteiger partial charge in [-0.2, -0.15) is 0 Å². The minimum absolute atomic E-state index is 0.0842. The number of benzene rings is 2. The van der Waals surface area contributed by atoms with Gasteiger partial charge in [-0.1, -0.05) is 82.1 Å². The highest BCUT2D eigenvalue weighted by atomic mass is 28.3. The lowest BCUT2D eigenvalue weighted by Crippen LogP contribution is -2.28. The highest BCUT2D eigenvalue weighted by Crippen LogP contribution is 2.42. The van der Waals surface area contributed by atoms with Crippen molar-refractivity contribution in [3.05, 3.63) is 53.6 Å². The van der Waals surface area contributed by atoms with Crippen molar-refractivity contribution in [2.24, 2.45) is 17.8 Å². The van der Waals surface area contributed by atoms with Gasteiger partial charge in [-0.15, -0.1) is 13.2 Å². The number of hydrogen-bond acceptors (Lipinski definition) is 1. The maximum atomic E-state index is 14.9. The molecule has 1 heterocycles. The average molecular weight is 552 g/mol. The fourth-order valence-corrected chi connectivity index (χ4v) is 9.64. The maximum Gasteiger partial charge on any atom is 0.573 e. The number of halogens is 5. The molecule has 1 aliphatic carbocycles. The molecule has 1 aliphatic heterocycles. The quantitative estimate of drug-likeness (QED) is 0.162. The summed E-state index contributed by atoms with van der Waals surface area (Å²) < 4.78 is 70.6. The smallest absolute Gasteiger partial charge is 0.406 e. The van der Waals surface area contributed by atoms with Crippen molar-refractivity contribution < 1.29 is 26.7 Å². The summed E-state index contributed by atoms with van der Waals surface area (Å²) in [5.41, 5.74) is 0.583. The summed E-state index contributed by atoms with van der Waals surface area (Å²) in [7, 11) is -0.0842. The van der Waals surface area contributed by atoms with E-state index in [9.17, 15) is 22.0 Å². The van der Waals surface area contributed by atoms with Crippen molar-refractivity contribution in [1.29, 1.82) is 0 Å². The maximum absolute atomic E-state index is 14.9. The number of rotatable bonds is 10. The van der Waals surface area contributed by atoms with E-state index >= 15 is 0 Å². The average Bonchev–Trinajstić information content (AvgIpc) is 2.88. The number of alkyl halides is 3. The second-order valence-electron chi connectivity index (χ2n) is 11.4. The van der Waals surface area contributed by atoms with E-state index in [0.29, 0.717) is 17.9 Å². The number of ether oxygens (including phenoxy) is 1. The summed E-state index contributed by atoms with van der Waals surface area (Å²) >= 11 is 0. The van der Waals surface area contributed by atoms with Crippen LogP contribution < -0.4 is 4.74 Å². The number of hydrogen-bond donors (Lipinski definition) is 0. The molecule has 0 amide bonds. The van der Waals surface area contributed by atoms with Crippen LogP contribution in [-0.4, -0.2) is 15.2 Å². The minimum atomic E-state index is -4.81. The van der Waals surface area contributed by atoms with Crippen molar-refractivity contribution in [2.45, 2.75) is 102 Å². The van der Waals surface area contributed by atoms with Crippen LogP contribution in [0.4, 0.5) is 22.0 Å². The van der Waals surface area contributed by atoms with Crippen LogP contribution in [0, 0.1) is 29.4 Å². The molecule has 1 saturated carbocycles. The Hall–Kier alpha value is -1.89. The molecule has 0 spiro atoms. The first kappa shape index (κ1) is 29.1. The fourth-order valence-electron chi connectivity index (χ4n) is 6.58. The lowest BCUT2D eigenvalue weighted by Gasteiger charge is -2.37. The van der Waals surface area contributed by atoms with Gasteiger partial charge in [0.15, 0.2) is 0 Å². The van der Waals surface area contributed by atoms with E-state index in [1.54, 1.807) is 0 Å². The molecule has 0 bridgehead atoms. The fraction of sp³-hybridized carbons (Fsp3) is 0.613. The van der Waals surface area contributed by atoms with Gasteiger partial charge in [0.05, 0.1) is 5.56 Å². The minimum Gasteiger partial charge on any atom is -0.406 e. The monoisotopic (exact) mass is 551 g/mol. The van der Waals surface area contributed by atoms with Gasteiger partial charge in [0.2, 0.25) is 0 Å². The molecule has 0 unspecified atom stereocenters. The van der Waals surface area contributed by atoms with Crippen LogP contribution >= 0.6 is 0 Å². The first-order valence-corrected chi connectivity index (χ1v) is 16.5. The molecule has 4 rings (SSSR count). The highest BCUT2D eigenvalue weighted by molar-refractivity contribution is 6.58. The highest BCUT2D eigenvalue weighted by Gasteiger charge is 2.32. The van der Waals surface area contributed by atoms with Crippen molar-refractivity contribution in [3.63, 3.8) is 0 Å². The molecule has 1 radical (unpaired) electrons. The summed E-state index contributed by atoms with van der Waals surface area (Å²) in [4.78, 5) is 0. The van der Waals surface area contributed by atoms with Crippen LogP contribution in [0.5, 0.6) is 5.75 Å². The van der Waals surface area contributed by atoms with E-state index in [-0.39, 0.29) is 19.9 Å². The molecule has 1 saturated heterocycles. The predicted molar refractivity (Wildman–Crippen MR) is 145 cm³/mol. The number of unbranched alkanes of at least 4 members (excludes halogenated alkanes) is 2. The van der Waals surface area contributed by atoms with Gasteiger partial charge in [0, 0.05) is 8.80 Å². The van der Waals surface area contributed by atoms with Gasteiger partial charge in [0.25, 0.3) is 0 Å². The summed E-state index contributed by atoms with van der Waals surface area (Å²) in [5, 5.41) is 0. The Kier molecular flexibility index (Phi) is 10.3. The normalized spacial score (nSPS) is 21.5. The standard InChI is InChI=1S/C31H40F5OSi/c1-2-3-4-17-38-18-15-25(16-19-38)24-9-7-22(8-10-24)5-6-23-20-28(32)30(29(33)21-23)26-11-13-27(14-12-26)37-31(34,35)36/h11-14,20-22,24-25H,2-10,15-19H2,1H3. The van der Waals surface area contributed by atoms with Crippen molar-refractivity contribution in [1.82, 2.24) is 0 Å². The SMILES string of the molecule is CCCCC[Si]1CCC(C2CCC(CCc3cc(F)c(-c4ccc(OC(F)(F)F)cc4)c(F)c3)CC2)CC1. The Labute approximate surface area is 225 Å². The zero-order valence-corrected chi connectivity index (χ0v) is 23.4. The third-order valence-corrected chi connectivity index (χ3v) is 11.8. The van der Waals surface area contributed by atoms with Gasteiger partial charge < -0.3 is 4.74 Å². The van der Waals surface area contributed by atoms with Crippen molar-refractivity contribution in [2.75, 3.05) is 0 Å². The van der Waals surface area contributed by atoms with Crippen LogP contribution in [0.2, 0.25) is 18.1 Å². The Bertz CT molecular complexity index is 983. The van der Waals surface area contributed by atoms with Crippen molar-refractivity contribution in [3.8, 4) is 16.9 Å². The molecule has 209 valence electrons. The molecule has 38 heavy (non-hydrogen) atoms. The number of aryl methyl sites for hydroxylation is 1.